The number of amides is 1. The van der Waals surface area contributed by atoms with Crippen LogP contribution in [0.1, 0.15) is 20.8 Å². The number of ether oxygens (including phenoxy) is 1. The third kappa shape index (κ3) is 3.78. The number of pyridine rings is 1. The van der Waals surface area contributed by atoms with Crippen LogP contribution in [0.2, 0.25) is 0 Å². The molecule has 0 aliphatic carbocycles. The highest BCUT2D eigenvalue weighted by molar-refractivity contribution is 5.84. The summed E-state index contributed by atoms with van der Waals surface area (Å²) in [5, 5.41) is 10.4. The van der Waals surface area contributed by atoms with Gasteiger partial charge in [-0.15, -0.1) is 5.10 Å². The van der Waals surface area contributed by atoms with Gasteiger partial charge in [0.15, 0.2) is 0 Å². The number of aryl methyl sites for hydroxylation is 1. The summed E-state index contributed by atoms with van der Waals surface area (Å²) in [6.45, 7) is 5.42. The zero-order valence-electron chi connectivity index (χ0n) is 11.9. The number of carbonyl (C=O) groups excluding carboxylic acids is 1. The molecule has 0 aliphatic rings. The lowest BCUT2D eigenvalue weighted by atomic mass is 10.2. The Morgan fingerprint density at radius 1 is 1.30 bits per heavy atom. The molecule has 0 atom stereocenters. The Morgan fingerprint density at radius 3 is 2.55 bits per heavy atom. The van der Waals surface area contributed by atoms with Crippen LogP contribution < -0.4 is 5.32 Å². The second kappa shape index (κ2) is 5.28. The van der Waals surface area contributed by atoms with Gasteiger partial charge >= 0.3 is 6.09 Å². The first-order valence-electron chi connectivity index (χ1n) is 6.16. The second-order valence-electron chi connectivity index (χ2n) is 5.34. The monoisotopic (exact) mass is 275 g/mol. The van der Waals surface area contributed by atoms with E-state index in [4.69, 9.17) is 4.74 Å². The predicted octanol–water partition coefficient (Wildman–Crippen LogP) is 2.22. The molecular weight excluding hydrogens is 258 g/mol. The molecule has 7 heteroatoms. The number of aromatic nitrogens is 4. The van der Waals surface area contributed by atoms with Crippen LogP contribution in [-0.4, -0.2) is 31.7 Å². The maximum atomic E-state index is 11.6. The van der Waals surface area contributed by atoms with Crippen molar-refractivity contribution in [2.24, 2.45) is 7.05 Å². The maximum absolute atomic E-state index is 11.6. The van der Waals surface area contributed by atoms with Crippen LogP contribution in [-0.2, 0) is 11.8 Å². The summed E-state index contributed by atoms with van der Waals surface area (Å²) in [6, 6.07) is 3.50. The average Bonchev–Trinajstić information content (AvgIpc) is 2.74. The number of nitrogens with one attached hydrogen (secondary N) is 1. The topological polar surface area (TPSA) is 81.9 Å². The zero-order chi connectivity index (χ0) is 14.8. The van der Waals surface area contributed by atoms with Gasteiger partial charge in [0.05, 0.1) is 23.8 Å². The van der Waals surface area contributed by atoms with Gasteiger partial charge < -0.3 is 4.74 Å². The molecule has 1 amide bonds. The molecule has 0 saturated carbocycles. The van der Waals surface area contributed by atoms with E-state index < -0.39 is 11.7 Å². The zero-order valence-corrected chi connectivity index (χ0v) is 11.9. The quantitative estimate of drug-likeness (QED) is 0.908. The molecule has 0 radical (unpaired) electrons. The van der Waals surface area contributed by atoms with E-state index in [0.29, 0.717) is 17.1 Å². The van der Waals surface area contributed by atoms with Crippen molar-refractivity contribution < 1.29 is 9.53 Å². The lowest BCUT2D eigenvalue weighted by Gasteiger charge is -2.19. The second-order valence-corrected chi connectivity index (χ2v) is 5.34. The number of nitrogens with zero attached hydrogens (tertiary/aromatic N) is 4. The molecule has 7 nitrogen and oxygen atoms in total. The Labute approximate surface area is 117 Å². The van der Waals surface area contributed by atoms with Gasteiger partial charge in [-0.3, -0.25) is 15.0 Å². The van der Waals surface area contributed by atoms with Gasteiger partial charge in [-0.1, -0.05) is 5.21 Å². The van der Waals surface area contributed by atoms with Crippen LogP contribution in [0.15, 0.2) is 24.5 Å². The average molecular weight is 275 g/mol. The van der Waals surface area contributed by atoms with Crippen molar-refractivity contribution in [3.63, 3.8) is 0 Å². The minimum absolute atomic E-state index is 0.508. The Balaban J connectivity index is 2.03. The lowest BCUT2D eigenvalue weighted by molar-refractivity contribution is 0.0636. The van der Waals surface area contributed by atoms with E-state index in [-0.39, 0.29) is 0 Å². The normalized spacial score (nSPS) is 11.2. The molecule has 0 unspecified atom stereocenters. The lowest BCUT2D eigenvalue weighted by Crippen LogP contribution is -2.27. The number of rotatable bonds is 2. The highest BCUT2D eigenvalue weighted by Gasteiger charge is 2.16. The number of hydrogen-bond acceptors (Lipinski definition) is 5. The van der Waals surface area contributed by atoms with Crippen molar-refractivity contribution >= 4 is 11.8 Å². The number of hydrogen-bond donors (Lipinski definition) is 1. The molecule has 2 aromatic heterocycles. The van der Waals surface area contributed by atoms with Gasteiger partial charge in [0.25, 0.3) is 0 Å². The standard InChI is InChI=1S/C13H17N5O2/c1-13(2,3)20-12(19)15-9-5-6-10(14-7-9)11-8-18(4)17-16-11/h5-8H,1-4H3,(H,15,19). The van der Waals surface area contributed by atoms with Crippen LogP contribution in [0.25, 0.3) is 11.4 Å². The fourth-order valence-electron chi connectivity index (χ4n) is 1.51. The first-order chi connectivity index (χ1) is 9.33. The van der Waals surface area contributed by atoms with E-state index in [1.54, 1.807) is 36.3 Å². The molecule has 2 rings (SSSR count). The van der Waals surface area contributed by atoms with E-state index in [2.05, 4.69) is 20.6 Å². The number of anilines is 1. The first-order valence-corrected chi connectivity index (χ1v) is 6.16. The van der Waals surface area contributed by atoms with Crippen LogP contribution in [0.4, 0.5) is 10.5 Å². The molecule has 20 heavy (non-hydrogen) atoms. The smallest absolute Gasteiger partial charge is 0.412 e. The third-order valence-electron chi connectivity index (χ3n) is 2.27. The fraction of sp³-hybridized carbons (Fsp3) is 0.385. The first kappa shape index (κ1) is 14.0. The minimum atomic E-state index is -0.531. The van der Waals surface area contributed by atoms with Gasteiger partial charge in [0.1, 0.15) is 11.3 Å². The van der Waals surface area contributed by atoms with Crippen molar-refractivity contribution in [3.05, 3.63) is 24.5 Å². The third-order valence-corrected chi connectivity index (χ3v) is 2.27. The summed E-state index contributed by atoms with van der Waals surface area (Å²) in [5.41, 5.74) is 1.40. The van der Waals surface area contributed by atoms with Crippen LogP contribution in [0.3, 0.4) is 0 Å². The molecule has 0 saturated heterocycles. The van der Waals surface area contributed by atoms with Crippen molar-refractivity contribution in [3.8, 4) is 11.4 Å². The highest BCUT2D eigenvalue weighted by Crippen LogP contribution is 2.16. The molecule has 0 bridgehead atoms. The molecule has 2 aromatic rings. The summed E-state index contributed by atoms with van der Waals surface area (Å²) in [4.78, 5) is 15.8. The largest absolute Gasteiger partial charge is 0.444 e. The molecular formula is C13H17N5O2. The van der Waals surface area contributed by atoms with Crippen molar-refractivity contribution in [1.82, 2.24) is 20.0 Å². The molecule has 0 spiro atoms. The maximum Gasteiger partial charge on any atom is 0.412 e. The van der Waals surface area contributed by atoms with E-state index >= 15 is 0 Å². The summed E-state index contributed by atoms with van der Waals surface area (Å²) in [5.74, 6) is 0. The van der Waals surface area contributed by atoms with Crippen molar-refractivity contribution in [2.45, 2.75) is 26.4 Å². The molecule has 0 fully saturated rings. The molecule has 0 aliphatic heterocycles. The summed E-state index contributed by atoms with van der Waals surface area (Å²) >= 11 is 0. The van der Waals surface area contributed by atoms with E-state index in [9.17, 15) is 4.79 Å². The summed E-state index contributed by atoms with van der Waals surface area (Å²) < 4.78 is 6.76. The van der Waals surface area contributed by atoms with E-state index in [1.165, 1.54) is 0 Å². The minimum Gasteiger partial charge on any atom is -0.444 e. The summed E-state index contributed by atoms with van der Waals surface area (Å²) in [6.07, 6.45) is 2.81. The Kier molecular flexibility index (Phi) is 3.69. The van der Waals surface area contributed by atoms with Crippen LogP contribution in [0.5, 0.6) is 0 Å². The van der Waals surface area contributed by atoms with Crippen molar-refractivity contribution in [1.29, 1.82) is 0 Å². The van der Waals surface area contributed by atoms with Gasteiger partial charge in [-0.25, -0.2) is 4.79 Å². The van der Waals surface area contributed by atoms with Crippen LogP contribution >= 0.6 is 0 Å². The molecule has 0 aromatic carbocycles. The summed E-state index contributed by atoms with van der Waals surface area (Å²) in [7, 11) is 1.79. The van der Waals surface area contributed by atoms with E-state index in [1.807, 2.05) is 20.8 Å². The number of carbonyl (C=O) groups is 1. The molecule has 1 N–H and O–H groups in total. The van der Waals surface area contributed by atoms with Gasteiger partial charge in [0, 0.05) is 7.05 Å². The predicted molar refractivity (Wildman–Crippen MR) is 74.1 cm³/mol. The van der Waals surface area contributed by atoms with Crippen LogP contribution in [0, 0.1) is 0 Å². The van der Waals surface area contributed by atoms with Gasteiger partial charge in [-0.05, 0) is 32.9 Å². The SMILES string of the molecule is Cn1cc(-c2ccc(NC(=O)OC(C)(C)C)cn2)nn1. The Bertz CT molecular complexity index is 598. The Morgan fingerprint density at radius 2 is 2.05 bits per heavy atom. The van der Waals surface area contributed by atoms with Crippen molar-refractivity contribution in [2.75, 3.05) is 5.32 Å². The Hall–Kier alpha value is -2.44. The van der Waals surface area contributed by atoms with Gasteiger partial charge in [0.2, 0.25) is 0 Å². The molecule has 2 heterocycles. The van der Waals surface area contributed by atoms with E-state index in [0.717, 1.165) is 0 Å². The highest BCUT2D eigenvalue weighted by atomic mass is 16.6. The van der Waals surface area contributed by atoms with Gasteiger partial charge in [-0.2, -0.15) is 0 Å². The molecule has 106 valence electrons. The fourth-order valence-corrected chi connectivity index (χ4v) is 1.51.